The maximum absolute atomic E-state index is 13.8. The maximum atomic E-state index is 13.8. The van der Waals surface area contributed by atoms with Crippen molar-refractivity contribution in [1.82, 2.24) is 19.4 Å². The van der Waals surface area contributed by atoms with Gasteiger partial charge in [0.15, 0.2) is 5.65 Å². The summed E-state index contributed by atoms with van der Waals surface area (Å²) in [5.41, 5.74) is 2.48. The average molecular weight is 511 g/mol. The molecule has 0 spiro atoms. The Kier molecular flexibility index (Phi) is 7.77. The van der Waals surface area contributed by atoms with Crippen LogP contribution in [-0.2, 0) is 17.4 Å². The van der Waals surface area contributed by atoms with Gasteiger partial charge in [0.1, 0.15) is 11.8 Å². The molecule has 7 nitrogen and oxygen atoms in total. The Bertz CT molecular complexity index is 1360. The van der Waals surface area contributed by atoms with Crippen molar-refractivity contribution < 1.29 is 18.0 Å². The highest BCUT2D eigenvalue weighted by molar-refractivity contribution is 5.92. The predicted octanol–water partition coefficient (Wildman–Crippen LogP) is 5.01. The van der Waals surface area contributed by atoms with Gasteiger partial charge in [-0.3, -0.25) is 9.36 Å². The van der Waals surface area contributed by atoms with Crippen molar-refractivity contribution in [1.29, 1.82) is 0 Å². The number of hydrogen-bond acceptors (Lipinski definition) is 5. The molecule has 0 saturated heterocycles. The number of carbonyl (C=O) groups is 1. The van der Waals surface area contributed by atoms with Crippen molar-refractivity contribution in [3.05, 3.63) is 78.2 Å². The fourth-order valence-electron chi connectivity index (χ4n) is 4.12. The number of fused-ring (bicyclic) bond motifs is 1. The van der Waals surface area contributed by atoms with E-state index >= 15 is 0 Å². The van der Waals surface area contributed by atoms with Gasteiger partial charge in [-0.05, 0) is 75.1 Å². The molecular formula is C27H29F3N6O. The van der Waals surface area contributed by atoms with Crippen molar-refractivity contribution >= 4 is 28.4 Å². The largest absolute Gasteiger partial charge is 0.418 e. The summed E-state index contributed by atoms with van der Waals surface area (Å²) < 4.78 is 43.3. The van der Waals surface area contributed by atoms with Crippen LogP contribution >= 0.6 is 0 Å². The molecule has 1 N–H and O–H groups in total. The van der Waals surface area contributed by atoms with E-state index in [1.165, 1.54) is 12.1 Å². The van der Waals surface area contributed by atoms with E-state index in [-0.39, 0.29) is 17.8 Å². The molecule has 0 fully saturated rings. The van der Waals surface area contributed by atoms with E-state index in [9.17, 15) is 18.0 Å². The third kappa shape index (κ3) is 6.45. The number of hydrogen-bond donors (Lipinski definition) is 1. The quantitative estimate of drug-likeness (QED) is 0.343. The molecule has 0 atom stereocenters. The molecule has 194 valence electrons. The number of rotatable bonds is 9. The fourth-order valence-corrected chi connectivity index (χ4v) is 4.12. The molecule has 0 aliphatic heterocycles. The van der Waals surface area contributed by atoms with Crippen LogP contribution in [0.25, 0.3) is 16.9 Å². The van der Waals surface area contributed by atoms with Gasteiger partial charge >= 0.3 is 6.18 Å². The van der Waals surface area contributed by atoms with Gasteiger partial charge in [0.25, 0.3) is 0 Å². The van der Waals surface area contributed by atoms with Crippen LogP contribution in [0.2, 0.25) is 0 Å². The minimum absolute atomic E-state index is 0.0246. The molecule has 4 aromatic rings. The first kappa shape index (κ1) is 26.2. The second kappa shape index (κ2) is 11.0. The summed E-state index contributed by atoms with van der Waals surface area (Å²) in [6, 6.07) is 14.9. The summed E-state index contributed by atoms with van der Waals surface area (Å²) in [5.74, 6) is -0.400. The average Bonchev–Trinajstić information content (AvgIpc) is 3.28. The van der Waals surface area contributed by atoms with Crippen LogP contribution in [0, 0.1) is 0 Å². The third-order valence-electron chi connectivity index (χ3n) is 5.98. The molecule has 0 aliphatic rings. The lowest BCUT2D eigenvalue weighted by Crippen LogP contribution is -2.25. The second-order valence-electron chi connectivity index (χ2n) is 9.16. The summed E-state index contributed by atoms with van der Waals surface area (Å²) in [6.07, 6.45) is -0.420. The number of pyridine rings is 1. The summed E-state index contributed by atoms with van der Waals surface area (Å²) in [7, 11) is 5.49. The van der Waals surface area contributed by atoms with Crippen LogP contribution in [0.3, 0.4) is 0 Å². The lowest BCUT2D eigenvalue weighted by molar-refractivity contribution is -0.137. The number of imidazole rings is 1. The highest BCUT2D eigenvalue weighted by Crippen LogP contribution is 2.38. The fraction of sp³-hybridized carbons (Fsp3) is 0.296. The van der Waals surface area contributed by atoms with Crippen LogP contribution < -0.4 is 10.2 Å². The van der Waals surface area contributed by atoms with E-state index < -0.39 is 17.6 Å². The molecule has 1 amide bonds. The molecule has 0 bridgehead atoms. The molecule has 0 saturated carbocycles. The number of halogens is 3. The van der Waals surface area contributed by atoms with Crippen molar-refractivity contribution in [2.24, 2.45) is 0 Å². The molecule has 2 aromatic heterocycles. The van der Waals surface area contributed by atoms with Gasteiger partial charge in [-0.2, -0.15) is 13.2 Å². The van der Waals surface area contributed by atoms with E-state index in [1.54, 1.807) is 36.6 Å². The zero-order valence-electron chi connectivity index (χ0n) is 21.0. The molecule has 0 aliphatic carbocycles. The smallest absolute Gasteiger partial charge is 0.374 e. The van der Waals surface area contributed by atoms with Gasteiger partial charge < -0.3 is 15.1 Å². The molecule has 4 rings (SSSR count). The summed E-state index contributed by atoms with van der Waals surface area (Å²) in [6.45, 7) is 1.25. The Morgan fingerprint density at radius 3 is 2.46 bits per heavy atom. The number of carbonyl (C=O) groups excluding carboxylic acids is 1. The highest BCUT2D eigenvalue weighted by atomic mass is 19.4. The van der Waals surface area contributed by atoms with Gasteiger partial charge in [-0.1, -0.05) is 12.1 Å². The number of nitrogens with zero attached hydrogens (tertiary/aromatic N) is 5. The van der Waals surface area contributed by atoms with Crippen LogP contribution in [0.4, 0.5) is 24.5 Å². The summed E-state index contributed by atoms with van der Waals surface area (Å²) >= 11 is 0. The summed E-state index contributed by atoms with van der Waals surface area (Å²) in [5, 5.41) is 2.60. The maximum Gasteiger partial charge on any atom is 0.418 e. The Labute approximate surface area is 213 Å². The van der Waals surface area contributed by atoms with E-state index in [2.05, 4.69) is 15.3 Å². The SMILES string of the molecule is CN(C)CCCN(C)c1ccc(NC(=O)Cc2ccc(-n3cnc4cccnc43)cc2)cc1C(F)(F)F. The first-order valence-corrected chi connectivity index (χ1v) is 11.9. The molecular weight excluding hydrogens is 481 g/mol. The van der Waals surface area contributed by atoms with Crippen molar-refractivity contribution in [3.63, 3.8) is 0 Å². The second-order valence-corrected chi connectivity index (χ2v) is 9.16. The number of aromatic nitrogens is 3. The molecule has 10 heteroatoms. The van der Waals surface area contributed by atoms with Crippen LogP contribution in [0.15, 0.2) is 67.1 Å². The number of alkyl halides is 3. The Morgan fingerprint density at radius 1 is 1.00 bits per heavy atom. The normalized spacial score (nSPS) is 11.8. The number of benzene rings is 2. The Hall–Kier alpha value is -3.92. The van der Waals surface area contributed by atoms with Crippen molar-refractivity contribution in [2.45, 2.75) is 19.0 Å². The molecule has 2 aromatic carbocycles. The van der Waals surface area contributed by atoms with E-state index in [0.29, 0.717) is 6.54 Å². The minimum Gasteiger partial charge on any atom is -0.374 e. The third-order valence-corrected chi connectivity index (χ3v) is 5.98. The van der Waals surface area contributed by atoms with Crippen LogP contribution in [0.1, 0.15) is 17.5 Å². The van der Waals surface area contributed by atoms with Gasteiger partial charge in [-0.15, -0.1) is 0 Å². The molecule has 0 radical (unpaired) electrons. The molecule has 0 unspecified atom stereocenters. The van der Waals surface area contributed by atoms with Gasteiger partial charge in [0.2, 0.25) is 5.91 Å². The lowest BCUT2D eigenvalue weighted by Gasteiger charge is -2.25. The Balaban J connectivity index is 1.43. The van der Waals surface area contributed by atoms with Crippen LogP contribution in [-0.4, -0.2) is 59.6 Å². The van der Waals surface area contributed by atoms with Crippen molar-refractivity contribution in [2.75, 3.05) is 44.4 Å². The van der Waals surface area contributed by atoms with E-state index in [4.69, 9.17) is 0 Å². The molecule has 37 heavy (non-hydrogen) atoms. The number of nitrogens with one attached hydrogen (secondary N) is 1. The lowest BCUT2D eigenvalue weighted by atomic mass is 10.1. The zero-order chi connectivity index (χ0) is 26.6. The standard InChI is InChI=1S/C27H29F3N6O/c1-34(2)14-5-15-35(3)24-12-9-20(17-22(24)27(28,29)30)33-25(37)16-19-7-10-21(11-8-19)36-18-32-23-6-4-13-31-26(23)36/h4,6-13,17-18H,5,14-16H2,1-3H3,(H,33,37). The van der Waals surface area contributed by atoms with Crippen molar-refractivity contribution in [3.8, 4) is 5.69 Å². The summed E-state index contributed by atoms with van der Waals surface area (Å²) in [4.78, 5) is 24.9. The van der Waals surface area contributed by atoms with Gasteiger partial charge in [-0.25, -0.2) is 9.97 Å². The highest BCUT2D eigenvalue weighted by Gasteiger charge is 2.35. The van der Waals surface area contributed by atoms with E-state index in [1.807, 2.05) is 47.8 Å². The zero-order valence-corrected chi connectivity index (χ0v) is 21.0. The first-order valence-electron chi connectivity index (χ1n) is 11.9. The monoisotopic (exact) mass is 510 g/mol. The van der Waals surface area contributed by atoms with Crippen LogP contribution in [0.5, 0.6) is 0 Å². The predicted molar refractivity (Wildman–Crippen MR) is 139 cm³/mol. The van der Waals surface area contributed by atoms with Gasteiger partial charge in [0.05, 0.1) is 12.0 Å². The Morgan fingerprint density at radius 2 is 1.76 bits per heavy atom. The van der Waals surface area contributed by atoms with Gasteiger partial charge in [0, 0.05) is 36.9 Å². The minimum atomic E-state index is -4.55. The number of amides is 1. The topological polar surface area (TPSA) is 66.3 Å². The number of anilines is 2. The molecule has 2 heterocycles. The van der Waals surface area contributed by atoms with E-state index in [0.717, 1.165) is 41.4 Å². The first-order chi connectivity index (χ1) is 17.6.